The van der Waals surface area contributed by atoms with E-state index in [-0.39, 0.29) is 0 Å². The summed E-state index contributed by atoms with van der Waals surface area (Å²) in [7, 11) is 1.48. The summed E-state index contributed by atoms with van der Waals surface area (Å²) in [4.78, 5) is 32.2. The number of hydrogen-bond donors (Lipinski definition) is 2. The molecule has 138 valence electrons. The van der Waals surface area contributed by atoms with Crippen LogP contribution in [0.15, 0.2) is 53.6 Å². The summed E-state index contributed by atoms with van der Waals surface area (Å²) in [6, 6.07) is 7.95. The Balaban J connectivity index is 1.62. The molecule has 0 saturated carbocycles. The highest BCUT2D eigenvalue weighted by Gasteiger charge is 2.13. The van der Waals surface area contributed by atoms with Crippen molar-refractivity contribution in [3.63, 3.8) is 0 Å². The molecule has 2 amide bonds. The SMILES string of the molecule is COc1cc(C(=O)NNC(=O)c2cccnc2)ccc1OCc1cscn1. The minimum atomic E-state index is -0.489. The van der Waals surface area contributed by atoms with Crippen LogP contribution in [-0.2, 0) is 6.61 Å². The number of carbonyl (C=O) groups excluding carboxylic acids is 2. The molecule has 0 fully saturated rings. The molecule has 3 aromatic rings. The Bertz CT molecular complexity index is 916. The Kier molecular flexibility index (Phi) is 5.95. The molecule has 0 aliphatic heterocycles. The minimum Gasteiger partial charge on any atom is -0.493 e. The maximum absolute atomic E-state index is 12.3. The van der Waals surface area contributed by atoms with Crippen molar-refractivity contribution in [1.29, 1.82) is 0 Å². The number of nitrogens with one attached hydrogen (secondary N) is 2. The molecule has 0 atom stereocenters. The first kappa shape index (κ1) is 18.3. The van der Waals surface area contributed by atoms with Gasteiger partial charge in [-0.25, -0.2) is 4.98 Å². The fraction of sp³-hybridized carbons (Fsp3) is 0.111. The summed E-state index contributed by atoms with van der Waals surface area (Å²) in [5.41, 5.74) is 7.86. The van der Waals surface area contributed by atoms with Gasteiger partial charge in [-0.3, -0.25) is 25.4 Å². The number of aromatic nitrogens is 2. The van der Waals surface area contributed by atoms with Crippen molar-refractivity contribution < 1.29 is 19.1 Å². The Morgan fingerprint density at radius 3 is 2.59 bits per heavy atom. The standard InChI is InChI=1S/C18H16N4O4S/c1-25-16-7-12(4-5-15(16)26-9-14-10-27-11-20-14)17(23)21-22-18(24)13-3-2-6-19-8-13/h2-8,10-11H,9H2,1H3,(H,21,23)(H,22,24). The topological polar surface area (TPSA) is 102 Å². The van der Waals surface area contributed by atoms with Crippen molar-refractivity contribution in [2.24, 2.45) is 0 Å². The summed E-state index contributed by atoms with van der Waals surface area (Å²) in [6.45, 7) is 0.298. The maximum atomic E-state index is 12.3. The van der Waals surface area contributed by atoms with Gasteiger partial charge in [0.15, 0.2) is 11.5 Å². The van der Waals surface area contributed by atoms with Crippen LogP contribution in [0.5, 0.6) is 11.5 Å². The number of rotatable bonds is 6. The number of amides is 2. The quantitative estimate of drug-likeness (QED) is 0.632. The second-order valence-corrected chi connectivity index (χ2v) is 6.00. The minimum absolute atomic E-state index is 0.298. The predicted octanol–water partition coefficient (Wildman–Crippen LogP) is 2.20. The monoisotopic (exact) mass is 384 g/mol. The molecule has 1 aromatic carbocycles. The van der Waals surface area contributed by atoms with E-state index in [0.717, 1.165) is 5.69 Å². The van der Waals surface area contributed by atoms with Gasteiger partial charge in [0.05, 0.1) is 23.9 Å². The summed E-state index contributed by atoms with van der Waals surface area (Å²) < 4.78 is 11.0. The van der Waals surface area contributed by atoms with Crippen LogP contribution in [0.4, 0.5) is 0 Å². The van der Waals surface area contributed by atoms with E-state index >= 15 is 0 Å². The van der Waals surface area contributed by atoms with Gasteiger partial charge in [0.2, 0.25) is 0 Å². The van der Waals surface area contributed by atoms with Gasteiger partial charge >= 0.3 is 0 Å². The number of ether oxygens (including phenoxy) is 2. The van der Waals surface area contributed by atoms with Crippen molar-refractivity contribution in [2.45, 2.75) is 6.61 Å². The van der Waals surface area contributed by atoms with Crippen LogP contribution in [0.3, 0.4) is 0 Å². The molecule has 0 radical (unpaired) electrons. The average molecular weight is 384 g/mol. The molecular weight excluding hydrogens is 368 g/mol. The highest BCUT2D eigenvalue weighted by atomic mass is 32.1. The number of methoxy groups -OCH3 is 1. The number of thiazole rings is 1. The van der Waals surface area contributed by atoms with Crippen molar-refractivity contribution in [3.8, 4) is 11.5 Å². The van der Waals surface area contributed by atoms with Crippen LogP contribution in [0.2, 0.25) is 0 Å². The van der Waals surface area contributed by atoms with Crippen molar-refractivity contribution in [3.05, 3.63) is 70.4 Å². The highest BCUT2D eigenvalue weighted by molar-refractivity contribution is 7.07. The molecular formula is C18H16N4O4S. The van der Waals surface area contributed by atoms with Crippen molar-refractivity contribution in [1.82, 2.24) is 20.8 Å². The lowest BCUT2D eigenvalue weighted by Crippen LogP contribution is -2.41. The molecule has 0 aliphatic rings. The first-order valence-electron chi connectivity index (χ1n) is 7.86. The third kappa shape index (κ3) is 4.79. The Morgan fingerprint density at radius 2 is 1.93 bits per heavy atom. The van der Waals surface area contributed by atoms with E-state index in [0.29, 0.717) is 29.2 Å². The lowest BCUT2D eigenvalue weighted by atomic mass is 10.2. The van der Waals surface area contributed by atoms with Gasteiger partial charge in [-0.2, -0.15) is 0 Å². The average Bonchev–Trinajstić information content (AvgIpc) is 3.24. The Hall–Kier alpha value is -3.46. The second kappa shape index (κ2) is 8.77. The molecule has 0 aliphatic carbocycles. The molecule has 8 nitrogen and oxygen atoms in total. The molecule has 0 unspecified atom stereocenters. The lowest BCUT2D eigenvalue weighted by molar-refractivity contribution is 0.0846. The highest BCUT2D eigenvalue weighted by Crippen LogP contribution is 2.28. The molecule has 3 rings (SSSR count). The van der Waals surface area contributed by atoms with Gasteiger partial charge < -0.3 is 9.47 Å². The van der Waals surface area contributed by atoms with E-state index in [2.05, 4.69) is 20.8 Å². The van der Waals surface area contributed by atoms with Gasteiger partial charge in [-0.1, -0.05) is 0 Å². The van der Waals surface area contributed by atoms with E-state index < -0.39 is 11.8 Å². The van der Waals surface area contributed by atoms with Gasteiger partial charge in [0.25, 0.3) is 11.8 Å². The number of hydrogen-bond acceptors (Lipinski definition) is 7. The van der Waals surface area contributed by atoms with E-state index in [9.17, 15) is 9.59 Å². The second-order valence-electron chi connectivity index (χ2n) is 5.28. The van der Waals surface area contributed by atoms with Crippen molar-refractivity contribution >= 4 is 23.2 Å². The third-order valence-corrected chi connectivity index (χ3v) is 4.13. The summed E-state index contributed by atoms with van der Waals surface area (Å²) in [5, 5.41) is 1.89. The molecule has 0 bridgehead atoms. The normalized spacial score (nSPS) is 10.1. The fourth-order valence-corrected chi connectivity index (χ4v) is 2.69. The third-order valence-electron chi connectivity index (χ3n) is 3.50. The van der Waals surface area contributed by atoms with Gasteiger partial charge in [-0.05, 0) is 30.3 Å². The van der Waals surface area contributed by atoms with E-state index in [1.54, 1.807) is 36.0 Å². The number of nitrogens with zero attached hydrogens (tertiary/aromatic N) is 2. The Labute approximate surface area is 159 Å². The molecule has 0 saturated heterocycles. The van der Waals surface area contributed by atoms with Crippen LogP contribution in [-0.4, -0.2) is 28.9 Å². The molecule has 2 aromatic heterocycles. The van der Waals surface area contributed by atoms with Gasteiger partial charge in [0.1, 0.15) is 6.61 Å². The zero-order chi connectivity index (χ0) is 19.1. The van der Waals surface area contributed by atoms with E-state index in [1.807, 2.05) is 5.38 Å². The zero-order valence-electron chi connectivity index (χ0n) is 14.3. The van der Waals surface area contributed by atoms with Crippen LogP contribution in [0.1, 0.15) is 26.4 Å². The van der Waals surface area contributed by atoms with Crippen LogP contribution < -0.4 is 20.3 Å². The number of carbonyl (C=O) groups is 2. The number of pyridine rings is 1. The smallest absolute Gasteiger partial charge is 0.271 e. The first-order chi connectivity index (χ1) is 13.2. The van der Waals surface area contributed by atoms with Crippen molar-refractivity contribution in [2.75, 3.05) is 7.11 Å². The van der Waals surface area contributed by atoms with Crippen LogP contribution >= 0.6 is 11.3 Å². The number of hydrazine groups is 1. The lowest BCUT2D eigenvalue weighted by Gasteiger charge is -2.12. The molecule has 2 heterocycles. The van der Waals surface area contributed by atoms with E-state index in [1.165, 1.54) is 30.7 Å². The first-order valence-corrected chi connectivity index (χ1v) is 8.80. The largest absolute Gasteiger partial charge is 0.493 e. The molecule has 0 spiro atoms. The summed E-state index contributed by atoms with van der Waals surface area (Å²) >= 11 is 1.48. The van der Waals surface area contributed by atoms with Crippen LogP contribution in [0, 0.1) is 0 Å². The number of benzene rings is 1. The maximum Gasteiger partial charge on any atom is 0.271 e. The van der Waals surface area contributed by atoms with Gasteiger partial charge in [-0.15, -0.1) is 11.3 Å². The fourth-order valence-electron chi connectivity index (χ4n) is 2.14. The molecule has 27 heavy (non-hydrogen) atoms. The molecule has 2 N–H and O–H groups in total. The molecule has 9 heteroatoms. The van der Waals surface area contributed by atoms with Crippen LogP contribution in [0.25, 0.3) is 0 Å². The van der Waals surface area contributed by atoms with E-state index in [4.69, 9.17) is 9.47 Å². The van der Waals surface area contributed by atoms with Gasteiger partial charge in [0, 0.05) is 23.3 Å². The zero-order valence-corrected chi connectivity index (χ0v) is 15.2. The Morgan fingerprint density at radius 1 is 1.11 bits per heavy atom. The predicted molar refractivity (Wildman–Crippen MR) is 98.6 cm³/mol. The summed E-state index contributed by atoms with van der Waals surface area (Å²) in [6.07, 6.45) is 2.96. The summed E-state index contributed by atoms with van der Waals surface area (Å²) in [5.74, 6) is -0.0684.